The Morgan fingerprint density at radius 3 is 2.62 bits per heavy atom. The van der Waals surface area contributed by atoms with E-state index in [4.69, 9.17) is 23.2 Å². The van der Waals surface area contributed by atoms with Crippen molar-refractivity contribution in [3.05, 3.63) is 28.3 Å². The summed E-state index contributed by atoms with van der Waals surface area (Å²) in [6.45, 7) is 2.27. The molecule has 2 N–H and O–H groups in total. The van der Waals surface area contributed by atoms with Gasteiger partial charge in [0, 0.05) is 10.8 Å². The maximum absolute atomic E-state index is 10.6. The van der Waals surface area contributed by atoms with Crippen LogP contribution in [0.1, 0.15) is 67.2 Å². The van der Waals surface area contributed by atoms with Crippen LogP contribution in [0.5, 0.6) is 5.75 Å². The van der Waals surface area contributed by atoms with Gasteiger partial charge in [0.05, 0.1) is 17.2 Å². The lowest BCUT2D eigenvalue weighted by molar-refractivity contribution is -0.0226. The van der Waals surface area contributed by atoms with E-state index in [1.807, 2.05) is 6.07 Å². The number of phenols is 1. The van der Waals surface area contributed by atoms with Crippen LogP contribution in [0.25, 0.3) is 0 Å². The first-order valence-electron chi connectivity index (χ1n) is 9.31. The second-order valence-corrected chi connectivity index (χ2v) is 8.59. The molecule has 3 aliphatic carbocycles. The van der Waals surface area contributed by atoms with Crippen molar-refractivity contribution in [1.29, 1.82) is 0 Å². The summed E-state index contributed by atoms with van der Waals surface area (Å²) >= 11 is 11.3. The van der Waals surface area contributed by atoms with Crippen LogP contribution in [0.4, 0.5) is 0 Å². The molecule has 0 amide bonds. The molecule has 3 aliphatic rings. The lowest BCUT2D eigenvalue weighted by Gasteiger charge is -2.50. The molecule has 0 unspecified atom stereocenters. The lowest BCUT2D eigenvalue weighted by Crippen LogP contribution is -2.44. The summed E-state index contributed by atoms with van der Waals surface area (Å²) in [6, 6.07) is 2.00. The van der Waals surface area contributed by atoms with Gasteiger partial charge >= 0.3 is 0 Å². The van der Waals surface area contributed by atoms with E-state index in [9.17, 15) is 10.2 Å². The zero-order chi connectivity index (χ0) is 18.5. The van der Waals surface area contributed by atoms with Gasteiger partial charge in [-0.3, -0.25) is 0 Å². The van der Waals surface area contributed by atoms with Crippen LogP contribution < -0.4 is 0 Å². The zero-order valence-electron chi connectivity index (χ0n) is 14.8. The SMILES string of the molecule is C[C@]12CC[C@@H]3c4cc(C#CCl)c(O)c(C#CCl)c4CC[C@H]3[C@@H]1CC[C@@H]2O. The van der Waals surface area contributed by atoms with Gasteiger partial charge in [-0.1, -0.05) is 6.92 Å². The number of aliphatic hydroxyl groups excluding tert-OH is 1. The topological polar surface area (TPSA) is 40.5 Å². The van der Waals surface area contributed by atoms with Gasteiger partial charge in [0.2, 0.25) is 0 Å². The summed E-state index contributed by atoms with van der Waals surface area (Å²) < 4.78 is 0. The number of aliphatic hydroxyl groups is 1. The van der Waals surface area contributed by atoms with Crippen LogP contribution in [0.3, 0.4) is 0 Å². The Bertz CT molecular complexity index is 870. The zero-order valence-corrected chi connectivity index (χ0v) is 16.3. The quantitative estimate of drug-likeness (QED) is 0.632. The number of benzene rings is 1. The van der Waals surface area contributed by atoms with E-state index < -0.39 is 0 Å². The molecule has 0 saturated heterocycles. The van der Waals surface area contributed by atoms with Crippen LogP contribution >= 0.6 is 23.2 Å². The van der Waals surface area contributed by atoms with Gasteiger partial charge in [-0.25, -0.2) is 0 Å². The molecule has 2 nitrogen and oxygen atoms in total. The minimum Gasteiger partial charge on any atom is -0.505 e. The molecule has 0 bridgehead atoms. The molecule has 2 saturated carbocycles. The molecule has 4 rings (SSSR count). The number of phenolic OH excluding ortho intramolecular Hbond substituents is 1. The average Bonchev–Trinajstić information content (AvgIpc) is 2.94. The molecule has 1 aromatic carbocycles. The maximum Gasteiger partial charge on any atom is 0.147 e. The van der Waals surface area contributed by atoms with Crippen LogP contribution in [0.2, 0.25) is 0 Å². The smallest absolute Gasteiger partial charge is 0.147 e. The fraction of sp³-hybridized carbons (Fsp3) is 0.545. The number of halogens is 2. The van der Waals surface area contributed by atoms with Crippen molar-refractivity contribution in [3.63, 3.8) is 0 Å². The standard InChI is InChI=1S/C22H22Cl2O2/c1-22-9-6-15-16(19(22)4-5-20(22)25)3-2-14-17(8-11-24)21(26)13(7-10-23)12-18(14)15/h12,15-16,19-20,25-26H,2-6,9H2,1H3/t15-,16+,19-,20-,22-/m0/s1. The Kier molecular flexibility index (Phi) is 4.65. The van der Waals surface area contributed by atoms with E-state index >= 15 is 0 Å². The van der Waals surface area contributed by atoms with Crippen molar-refractivity contribution in [1.82, 2.24) is 0 Å². The molecule has 136 valence electrons. The first-order chi connectivity index (χ1) is 12.5. The van der Waals surface area contributed by atoms with Crippen molar-refractivity contribution in [2.75, 3.05) is 0 Å². The highest BCUT2D eigenvalue weighted by Gasteiger charge is 2.54. The third-order valence-electron chi connectivity index (χ3n) is 7.31. The minimum atomic E-state index is -0.176. The summed E-state index contributed by atoms with van der Waals surface area (Å²) in [6.07, 6.45) is 5.88. The number of fused-ring (bicyclic) bond motifs is 5. The molecule has 0 aromatic heterocycles. The summed E-state index contributed by atoms with van der Waals surface area (Å²) in [5.41, 5.74) is 3.52. The van der Waals surface area contributed by atoms with Gasteiger partial charge in [0.15, 0.2) is 0 Å². The van der Waals surface area contributed by atoms with Crippen molar-refractivity contribution >= 4 is 23.2 Å². The first kappa shape index (κ1) is 18.1. The summed E-state index contributed by atoms with van der Waals surface area (Å²) in [5.74, 6) is 7.30. The Hall–Kier alpha value is -1.32. The predicted octanol–water partition coefficient (Wildman–Crippen LogP) is 4.70. The van der Waals surface area contributed by atoms with Gasteiger partial charge in [0.1, 0.15) is 5.75 Å². The normalized spacial score (nSPS) is 34.5. The van der Waals surface area contributed by atoms with Crippen LogP contribution in [-0.2, 0) is 6.42 Å². The second-order valence-electron chi connectivity index (χ2n) is 8.21. The predicted molar refractivity (Wildman–Crippen MR) is 104 cm³/mol. The third-order valence-corrected chi connectivity index (χ3v) is 7.50. The largest absolute Gasteiger partial charge is 0.505 e. The summed E-state index contributed by atoms with van der Waals surface area (Å²) in [7, 11) is 0. The minimum absolute atomic E-state index is 0.0487. The van der Waals surface area contributed by atoms with E-state index in [1.165, 1.54) is 5.56 Å². The fourth-order valence-corrected chi connectivity index (χ4v) is 6.22. The maximum atomic E-state index is 10.6. The Labute approximate surface area is 164 Å². The Morgan fingerprint density at radius 2 is 1.88 bits per heavy atom. The highest BCUT2D eigenvalue weighted by atomic mass is 35.5. The fourth-order valence-electron chi connectivity index (χ4n) is 6.02. The Balaban J connectivity index is 1.83. The highest BCUT2D eigenvalue weighted by Crippen LogP contribution is 2.61. The number of aromatic hydroxyl groups is 1. The molecule has 2 fully saturated rings. The van der Waals surface area contributed by atoms with E-state index in [2.05, 4.69) is 29.5 Å². The molecule has 0 aliphatic heterocycles. The molecule has 4 heteroatoms. The van der Waals surface area contributed by atoms with Gasteiger partial charge in [-0.15, -0.1) is 0 Å². The van der Waals surface area contributed by atoms with Crippen molar-refractivity contribution in [3.8, 4) is 28.3 Å². The molecule has 1 aromatic rings. The van der Waals surface area contributed by atoms with Gasteiger partial charge in [-0.05, 0) is 114 Å². The van der Waals surface area contributed by atoms with E-state index in [0.29, 0.717) is 28.9 Å². The lowest BCUT2D eigenvalue weighted by atomic mass is 9.55. The molecular formula is C22H22Cl2O2. The molecule has 5 atom stereocenters. The molecule has 0 spiro atoms. The summed E-state index contributed by atoms with van der Waals surface area (Å²) in [5, 5.41) is 25.9. The van der Waals surface area contributed by atoms with Crippen molar-refractivity contribution in [2.45, 2.75) is 57.5 Å². The van der Waals surface area contributed by atoms with Crippen LogP contribution in [0, 0.1) is 39.9 Å². The molecular weight excluding hydrogens is 367 g/mol. The van der Waals surface area contributed by atoms with Crippen LogP contribution in [0.15, 0.2) is 6.07 Å². The molecule has 26 heavy (non-hydrogen) atoms. The van der Waals surface area contributed by atoms with E-state index in [0.717, 1.165) is 44.1 Å². The number of hydrogen-bond acceptors (Lipinski definition) is 2. The number of hydrogen-bond donors (Lipinski definition) is 2. The third kappa shape index (κ3) is 2.55. The van der Waals surface area contributed by atoms with Gasteiger partial charge < -0.3 is 10.2 Å². The van der Waals surface area contributed by atoms with Gasteiger partial charge in [-0.2, -0.15) is 0 Å². The van der Waals surface area contributed by atoms with Gasteiger partial charge in [0.25, 0.3) is 0 Å². The molecule has 0 heterocycles. The monoisotopic (exact) mass is 388 g/mol. The molecule has 0 radical (unpaired) electrons. The summed E-state index contributed by atoms with van der Waals surface area (Å²) in [4.78, 5) is 0. The van der Waals surface area contributed by atoms with E-state index in [-0.39, 0.29) is 17.3 Å². The second kappa shape index (κ2) is 6.69. The Morgan fingerprint density at radius 1 is 1.12 bits per heavy atom. The van der Waals surface area contributed by atoms with E-state index in [1.54, 1.807) is 0 Å². The first-order valence-corrected chi connectivity index (χ1v) is 10.1. The van der Waals surface area contributed by atoms with Crippen molar-refractivity contribution < 1.29 is 10.2 Å². The number of rotatable bonds is 0. The highest BCUT2D eigenvalue weighted by molar-refractivity contribution is 6.30. The average molecular weight is 389 g/mol. The van der Waals surface area contributed by atoms with Crippen molar-refractivity contribution in [2.24, 2.45) is 17.3 Å². The van der Waals surface area contributed by atoms with Crippen LogP contribution in [-0.4, -0.2) is 16.3 Å².